The van der Waals surface area contributed by atoms with E-state index in [9.17, 15) is 8.42 Å². The molecular formula is C21H26N4O3S. The zero-order chi connectivity index (χ0) is 20.6. The maximum Gasteiger partial charge on any atom is 0.157 e. The van der Waals surface area contributed by atoms with Crippen LogP contribution in [-0.4, -0.2) is 42.8 Å². The second kappa shape index (κ2) is 7.42. The number of rotatable bonds is 5. The van der Waals surface area contributed by atoms with Crippen LogP contribution in [0, 0.1) is 0 Å². The Morgan fingerprint density at radius 1 is 1.14 bits per heavy atom. The van der Waals surface area contributed by atoms with Crippen LogP contribution < -0.4 is 5.73 Å². The molecule has 0 aliphatic carbocycles. The minimum Gasteiger partial charge on any atom is -0.384 e. The smallest absolute Gasteiger partial charge is 0.157 e. The van der Waals surface area contributed by atoms with E-state index in [0.29, 0.717) is 43.0 Å². The van der Waals surface area contributed by atoms with E-state index in [-0.39, 0.29) is 5.82 Å². The van der Waals surface area contributed by atoms with Gasteiger partial charge in [0.1, 0.15) is 10.6 Å². The average molecular weight is 415 g/mol. The van der Waals surface area contributed by atoms with Gasteiger partial charge in [0.05, 0.1) is 22.4 Å². The van der Waals surface area contributed by atoms with Crippen LogP contribution in [0.4, 0.5) is 5.82 Å². The van der Waals surface area contributed by atoms with E-state index >= 15 is 0 Å². The van der Waals surface area contributed by atoms with E-state index in [2.05, 4.69) is 16.9 Å². The SMILES string of the molecule is CCCc1cc2nc(-c3cc(C4(S(C)(=O)=O)CCOCC4)cc(N)n3)ccc2[nH]1. The minimum atomic E-state index is -3.38. The summed E-state index contributed by atoms with van der Waals surface area (Å²) in [6.45, 7) is 2.94. The van der Waals surface area contributed by atoms with Crippen molar-refractivity contribution in [3.05, 3.63) is 41.6 Å². The molecule has 8 heteroatoms. The van der Waals surface area contributed by atoms with Crippen molar-refractivity contribution in [2.75, 3.05) is 25.2 Å². The zero-order valence-corrected chi connectivity index (χ0v) is 17.6. The van der Waals surface area contributed by atoms with Gasteiger partial charge in [-0.05, 0) is 55.2 Å². The topological polar surface area (TPSA) is 111 Å². The Hall–Kier alpha value is -2.45. The number of fused-ring (bicyclic) bond motifs is 1. The van der Waals surface area contributed by atoms with Crippen LogP contribution in [0.1, 0.15) is 37.4 Å². The number of nitrogens with zero attached hydrogens (tertiary/aromatic N) is 2. The molecule has 3 aromatic rings. The standard InChI is InChI=1S/C21H26N4O3S/c1-3-4-15-13-19-16(23-15)5-6-17(24-19)18-11-14(12-20(22)25-18)21(29(2,26)27)7-9-28-10-8-21/h5-6,11-13,23H,3-4,7-10H2,1-2H3,(H2,22,25). The molecule has 1 aliphatic rings. The summed E-state index contributed by atoms with van der Waals surface area (Å²) in [7, 11) is -3.38. The van der Waals surface area contributed by atoms with Gasteiger partial charge in [-0.15, -0.1) is 0 Å². The van der Waals surface area contributed by atoms with Crippen molar-refractivity contribution in [2.24, 2.45) is 0 Å². The summed E-state index contributed by atoms with van der Waals surface area (Å²) < 4.78 is 30.0. The third-order valence-electron chi connectivity index (χ3n) is 5.69. The van der Waals surface area contributed by atoms with Crippen molar-refractivity contribution in [1.29, 1.82) is 0 Å². The van der Waals surface area contributed by atoms with Gasteiger partial charge in [0, 0.05) is 25.2 Å². The monoisotopic (exact) mass is 414 g/mol. The number of aromatic nitrogens is 3. The molecule has 4 heterocycles. The van der Waals surface area contributed by atoms with Gasteiger partial charge in [-0.3, -0.25) is 0 Å². The molecule has 0 atom stereocenters. The van der Waals surface area contributed by atoms with Crippen LogP contribution in [-0.2, 0) is 25.7 Å². The van der Waals surface area contributed by atoms with Crippen LogP contribution in [0.15, 0.2) is 30.3 Å². The van der Waals surface area contributed by atoms with Crippen LogP contribution in [0.25, 0.3) is 22.4 Å². The summed E-state index contributed by atoms with van der Waals surface area (Å²) in [5.74, 6) is 0.287. The molecular weight excluding hydrogens is 388 g/mol. The lowest BCUT2D eigenvalue weighted by molar-refractivity contribution is 0.0742. The summed E-state index contributed by atoms with van der Waals surface area (Å²) >= 11 is 0. The maximum atomic E-state index is 12.8. The van der Waals surface area contributed by atoms with Crippen molar-refractivity contribution in [3.63, 3.8) is 0 Å². The molecule has 0 radical (unpaired) electrons. The third-order valence-corrected chi connectivity index (χ3v) is 7.76. The quantitative estimate of drug-likeness (QED) is 0.663. The molecule has 0 saturated carbocycles. The largest absolute Gasteiger partial charge is 0.384 e. The van der Waals surface area contributed by atoms with Gasteiger partial charge in [-0.25, -0.2) is 18.4 Å². The van der Waals surface area contributed by atoms with E-state index in [1.54, 1.807) is 6.07 Å². The van der Waals surface area contributed by atoms with E-state index in [1.165, 1.54) is 6.26 Å². The number of nitrogens with two attached hydrogens (primary N) is 1. The lowest BCUT2D eigenvalue weighted by atomic mass is 9.90. The van der Waals surface area contributed by atoms with E-state index in [4.69, 9.17) is 15.5 Å². The summed E-state index contributed by atoms with van der Waals surface area (Å²) in [6.07, 6.45) is 4.11. The van der Waals surface area contributed by atoms with Gasteiger partial charge in [0.2, 0.25) is 0 Å². The molecule has 154 valence electrons. The van der Waals surface area contributed by atoms with Crippen LogP contribution in [0.5, 0.6) is 0 Å². The fourth-order valence-electron chi connectivity index (χ4n) is 4.13. The van der Waals surface area contributed by atoms with Crippen molar-refractivity contribution >= 4 is 26.7 Å². The number of hydrogen-bond donors (Lipinski definition) is 2. The number of aromatic amines is 1. The molecule has 0 amide bonds. The highest BCUT2D eigenvalue weighted by Crippen LogP contribution is 2.41. The fourth-order valence-corrected chi connectivity index (χ4v) is 5.59. The van der Waals surface area contributed by atoms with Crippen molar-refractivity contribution < 1.29 is 13.2 Å². The van der Waals surface area contributed by atoms with E-state index in [1.807, 2.05) is 24.3 Å². The predicted octanol–water partition coefficient (Wildman–Crippen LogP) is 3.21. The number of hydrogen-bond acceptors (Lipinski definition) is 6. The molecule has 29 heavy (non-hydrogen) atoms. The number of H-pyrrole nitrogens is 1. The normalized spacial score (nSPS) is 16.9. The van der Waals surface area contributed by atoms with Crippen LogP contribution in [0.2, 0.25) is 0 Å². The second-order valence-corrected chi connectivity index (χ2v) is 10.0. The van der Waals surface area contributed by atoms with Gasteiger partial charge >= 0.3 is 0 Å². The first-order valence-corrected chi connectivity index (χ1v) is 11.8. The van der Waals surface area contributed by atoms with Gasteiger partial charge in [-0.1, -0.05) is 13.3 Å². The first-order valence-electron chi connectivity index (χ1n) is 9.87. The lowest BCUT2D eigenvalue weighted by Gasteiger charge is -2.36. The summed E-state index contributed by atoms with van der Waals surface area (Å²) in [5, 5.41) is 0. The van der Waals surface area contributed by atoms with Crippen molar-refractivity contribution in [2.45, 2.75) is 37.4 Å². The van der Waals surface area contributed by atoms with Gasteiger partial charge in [0.15, 0.2) is 9.84 Å². The predicted molar refractivity (Wildman–Crippen MR) is 114 cm³/mol. The lowest BCUT2D eigenvalue weighted by Crippen LogP contribution is -2.40. The van der Waals surface area contributed by atoms with E-state index in [0.717, 1.165) is 29.6 Å². The number of pyridine rings is 2. The molecule has 3 aromatic heterocycles. The fraction of sp³-hybridized carbons (Fsp3) is 0.429. The first kappa shape index (κ1) is 19.8. The highest BCUT2D eigenvalue weighted by atomic mass is 32.2. The van der Waals surface area contributed by atoms with Crippen molar-refractivity contribution in [1.82, 2.24) is 15.0 Å². The van der Waals surface area contributed by atoms with Crippen molar-refractivity contribution in [3.8, 4) is 11.4 Å². The molecule has 7 nitrogen and oxygen atoms in total. The Bertz CT molecular complexity index is 1150. The third kappa shape index (κ3) is 3.62. The van der Waals surface area contributed by atoms with Gasteiger partial charge < -0.3 is 15.5 Å². The van der Waals surface area contributed by atoms with Crippen LogP contribution in [0.3, 0.4) is 0 Å². The second-order valence-electron chi connectivity index (χ2n) is 7.72. The summed E-state index contributed by atoms with van der Waals surface area (Å²) in [5.41, 5.74) is 11.0. The Kier molecular flexibility index (Phi) is 5.08. The molecule has 4 rings (SSSR count). The highest BCUT2D eigenvalue weighted by Gasteiger charge is 2.44. The molecule has 3 N–H and O–H groups in total. The van der Waals surface area contributed by atoms with Gasteiger partial charge in [-0.2, -0.15) is 0 Å². The molecule has 0 unspecified atom stereocenters. The van der Waals surface area contributed by atoms with E-state index < -0.39 is 14.6 Å². The zero-order valence-electron chi connectivity index (χ0n) is 16.7. The highest BCUT2D eigenvalue weighted by molar-refractivity contribution is 7.91. The Balaban J connectivity index is 1.82. The molecule has 0 spiro atoms. The first-order chi connectivity index (χ1) is 13.8. The number of anilines is 1. The Morgan fingerprint density at radius 3 is 2.59 bits per heavy atom. The number of ether oxygens (including phenoxy) is 1. The number of sulfone groups is 1. The minimum absolute atomic E-state index is 0.287. The molecule has 0 bridgehead atoms. The summed E-state index contributed by atoms with van der Waals surface area (Å²) in [4.78, 5) is 12.6. The molecule has 1 aliphatic heterocycles. The van der Waals surface area contributed by atoms with Gasteiger partial charge in [0.25, 0.3) is 0 Å². The number of nitrogens with one attached hydrogen (secondary N) is 1. The maximum absolute atomic E-state index is 12.8. The summed E-state index contributed by atoms with van der Waals surface area (Å²) in [6, 6.07) is 9.39. The number of nitrogen functional groups attached to an aromatic ring is 1. The molecule has 0 aromatic carbocycles. The Morgan fingerprint density at radius 2 is 1.90 bits per heavy atom. The average Bonchev–Trinajstić information content (AvgIpc) is 3.09. The molecule has 1 saturated heterocycles. The molecule has 1 fully saturated rings. The van der Waals surface area contributed by atoms with Crippen LogP contribution >= 0.6 is 0 Å². The Labute approximate surface area is 170 Å². The number of aryl methyl sites for hydroxylation is 1.